The Morgan fingerprint density at radius 1 is 1.00 bits per heavy atom. The lowest BCUT2D eigenvalue weighted by Crippen LogP contribution is -2.18. The van der Waals surface area contributed by atoms with E-state index in [2.05, 4.69) is 30.2 Å². The van der Waals surface area contributed by atoms with Crippen LogP contribution in [0.2, 0.25) is 0 Å². The van der Waals surface area contributed by atoms with E-state index < -0.39 is 12.0 Å². The van der Waals surface area contributed by atoms with Crippen molar-refractivity contribution in [1.82, 2.24) is 29.5 Å². The van der Waals surface area contributed by atoms with E-state index in [0.717, 1.165) is 16.8 Å². The van der Waals surface area contributed by atoms with Crippen LogP contribution in [-0.2, 0) is 12.6 Å². The summed E-state index contributed by atoms with van der Waals surface area (Å²) in [4.78, 5) is 8.63. The van der Waals surface area contributed by atoms with Gasteiger partial charge in [-0.2, -0.15) is 10.2 Å². The van der Waals surface area contributed by atoms with Gasteiger partial charge in [0.15, 0.2) is 5.82 Å². The SMILES string of the molecule is Cc1nn(-c2cc(Nc3c(C)c(-c4ccc(OC(F)(F)F)cc4)nn3C)ncn2)c(C)c1C(C)(C)O. The fourth-order valence-corrected chi connectivity index (χ4v) is 4.30. The number of aliphatic hydroxyl groups is 1. The topological polar surface area (TPSA) is 103 Å². The zero-order valence-electron chi connectivity index (χ0n) is 20.6. The molecule has 0 aliphatic heterocycles. The number of aromatic nitrogens is 6. The summed E-state index contributed by atoms with van der Waals surface area (Å²) in [6, 6.07) is 7.26. The summed E-state index contributed by atoms with van der Waals surface area (Å²) in [5, 5.41) is 22.8. The van der Waals surface area contributed by atoms with Crippen molar-refractivity contribution in [3.63, 3.8) is 0 Å². The van der Waals surface area contributed by atoms with Crippen LogP contribution in [-0.4, -0.2) is 41.0 Å². The molecule has 190 valence electrons. The molecule has 3 aromatic heterocycles. The van der Waals surface area contributed by atoms with E-state index in [-0.39, 0.29) is 5.75 Å². The van der Waals surface area contributed by atoms with Gasteiger partial charge in [-0.25, -0.2) is 14.6 Å². The summed E-state index contributed by atoms with van der Waals surface area (Å²) < 4.78 is 44.6. The van der Waals surface area contributed by atoms with E-state index in [1.165, 1.54) is 30.6 Å². The number of hydrogen-bond donors (Lipinski definition) is 2. The van der Waals surface area contributed by atoms with E-state index in [1.807, 2.05) is 20.8 Å². The lowest BCUT2D eigenvalue weighted by molar-refractivity contribution is -0.274. The quantitative estimate of drug-likeness (QED) is 0.389. The molecule has 36 heavy (non-hydrogen) atoms. The maximum absolute atomic E-state index is 12.5. The third-order valence-electron chi connectivity index (χ3n) is 5.66. The van der Waals surface area contributed by atoms with E-state index in [0.29, 0.717) is 34.4 Å². The first-order chi connectivity index (χ1) is 16.7. The lowest BCUT2D eigenvalue weighted by atomic mass is 9.96. The number of anilines is 2. The predicted octanol–water partition coefficient (Wildman–Crippen LogP) is 4.86. The van der Waals surface area contributed by atoms with Gasteiger partial charge in [0.2, 0.25) is 0 Å². The molecule has 4 rings (SSSR count). The highest BCUT2D eigenvalue weighted by molar-refractivity contribution is 5.71. The predicted molar refractivity (Wildman–Crippen MR) is 127 cm³/mol. The molecule has 0 fully saturated rings. The molecular formula is C24H26F3N7O2. The van der Waals surface area contributed by atoms with Crippen LogP contribution in [0.4, 0.5) is 24.8 Å². The Hall–Kier alpha value is -3.93. The minimum atomic E-state index is -4.75. The normalized spacial score (nSPS) is 12.2. The molecule has 0 saturated carbocycles. The fourth-order valence-electron chi connectivity index (χ4n) is 4.30. The number of nitrogens with zero attached hydrogens (tertiary/aromatic N) is 6. The molecule has 0 aliphatic rings. The summed E-state index contributed by atoms with van der Waals surface area (Å²) in [6.07, 6.45) is -3.34. The van der Waals surface area contributed by atoms with Gasteiger partial charge in [-0.15, -0.1) is 13.2 Å². The molecular weight excluding hydrogens is 475 g/mol. The summed E-state index contributed by atoms with van der Waals surface area (Å²) in [7, 11) is 1.75. The van der Waals surface area contributed by atoms with Crippen LogP contribution < -0.4 is 10.1 Å². The monoisotopic (exact) mass is 501 g/mol. The third kappa shape index (κ3) is 5.03. The van der Waals surface area contributed by atoms with Crippen molar-refractivity contribution < 1.29 is 23.0 Å². The average Bonchev–Trinajstić information content (AvgIpc) is 3.23. The number of benzene rings is 1. The minimum absolute atomic E-state index is 0.302. The molecule has 0 saturated heterocycles. The van der Waals surface area contributed by atoms with Gasteiger partial charge in [-0.1, -0.05) is 0 Å². The van der Waals surface area contributed by atoms with Crippen LogP contribution in [0.5, 0.6) is 5.75 Å². The summed E-state index contributed by atoms with van der Waals surface area (Å²) in [6.45, 7) is 8.97. The Labute approximate surface area is 205 Å². The standard InChI is InChI=1S/C24H26F3N7O2/c1-13-21(16-7-9-17(10-8-16)36-24(25,26)27)32-33(6)22(13)30-18-11-19(29-12-28-18)34-15(3)20(14(2)31-34)23(4,5)35/h7-12,35H,1-6H3,(H,28,29,30). The van der Waals surface area contributed by atoms with Gasteiger partial charge in [0.25, 0.3) is 0 Å². The smallest absolute Gasteiger partial charge is 0.406 e. The van der Waals surface area contributed by atoms with Crippen molar-refractivity contribution >= 4 is 11.6 Å². The maximum atomic E-state index is 12.5. The summed E-state index contributed by atoms with van der Waals surface area (Å²) >= 11 is 0. The highest BCUT2D eigenvalue weighted by Crippen LogP contribution is 2.32. The molecule has 4 aromatic rings. The number of ether oxygens (including phenoxy) is 1. The first kappa shape index (κ1) is 25.2. The Bertz CT molecular complexity index is 1400. The number of aryl methyl sites for hydroxylation is 2. The second kappa shape index (κ2) is 8.94. The Morgan fingerprint density at radius 2 is 1.67 bits per heavy atom. The van der Waals surface area contributed by atoms with Crippen LogP contribution >= 0.6 is 0 Å². The molecule has 9 nitrogen and oxygen atoms in total. The number of rotatable bonds is 6. The highest BCUT2D eigenvalue weighted by atomic mass is 19.4. The molecule has 0 atom stereocenters. The van der Waals surface area contributed by atoms with Gasteiger partial charge in [-0.05, 0) is 58.9 Å². The maximum Gasteiger partial charge on any atom is 0.573 e. The molecule has 2 N–H and O–H groups in total. The number of halogens is 3. The molecule has 0 amide bonds. The average molecular weight is 502 g/mol. The van der Waals surface area contributed by atoms with Crippen LogP contribution in [0.15, 0.2) is 36.7 Å². The van der Waals surface area contributed by atoms with Crippen LogP contribution in [0.3, 0.4) is 0 Å². The van der Waals surface area contributed by atoms with Gasteiger partial charge in [0.05, 0.1) is 17.0 Å². The van der Waals surface area contributed by atoms with Gasteiger partial charge in [0.1, 0.15) is 23.7 Å². The van der Waals surface area contributed by atoms with Crippen molar-refractivity contribution in [3.8, 4) is 22.8 Å². The van der Waals surface area contributed by atoms with E-state index >= 15 is 0 Å². The van der Waals surface area contributed by atoms with Crippen molar-refractivity contribution in [1.29, 1.82) is 0 Å². The van der Waals surface area contributed by atoms with Gasteiger partial charge in [0, 0.05) is 35.5 Å². The molecule has 0 radical (unpaired) electrons. The van der Waals surface area contributed by atoms with Crippen LogP contribution in [0.25, 0.3) is 17.1 Å². The highest BCUT2D eigenvalue weighted by Gasteiger charge is 2.31. The van der Waals surface area contributed by atoms with Crippen molar-refractivity contribution in [2.45, 2.75) is 46.6 Å². The Kier molecular flexibility index (Phi) is 6.25. The largest absolute Gasteiger partial charge is 0.573 e. The van der Waals surface area contributed by atoms with Gasteiger partial charge >= 0.3 is 6.36 Å². The molecule has 0 bridgehead atoms. The first-order valence-corrected chi connectivity index (χ1v) is 11.0. The summed E-state index contributed by atoms with van der Waals surface area (Å²) in [5.74, 6) is 1.35. The number of alkyl halides is 3. The summed E-state index contributed by atoms with van der Waals surface area (Å²) in [5.41, 5.74) is 3.15. The molecule has 0 spiro atoms. The fraction of sp³-hybridized carbons (Fsp3) is 0.333. The van der Waals surface area contributed by atoms with Crippen molar-refractivity contribution in [2.75, 3.05) is 5.32 Å². The molecule has 0 aliphatic carbocycles. The van der Waals surface area contributed by atoms with E-state index in [9.17, 15) is 18.3 Å². The number of hydrogen-bond acceptors (Lipinski definition) is 7. The van der Waals surface area contributed by atoms with Crippen molar-refractivity contribution in [3.05, 3.63) is 59.2 Å². The van der Waals surface area contributed by atoms with E-state index in [1.54, 1.807) is 36.3 Å². The second-order valence-electron chi connectivity index (χ2n) is 8.92. The third-order valence-corrected chi connectivity index (χ3v) is 5.66. The van der Waals surface area contributed by atoms with Crippen LogP contribution in [0, 0.1) is 20.8 Å². The Morgan fingerprint density at radius 3 is 2.25 bits per heavy atom. The van der Waals surface area contributed by atoms with Crippen LogP contribution in [0.1, 0.15) is 36.4 Å². The number of nitrogens with one attached hydrogen (secondary N) is 1. The van der Waals surface area contributed by atoms with Gasteiger partial charge in [-0.3, -0.25) is 4.68 Å². The van der Waals surface area contributed by atoms with E-state index in [4.69, 9.17) is 0 Å². The first-order valence-electron chi connectivity index (χ1n) is 11.0. The second-order valence-corrected chi connectivity index (χ2v) is 8.92. The molecule has 3 heterocycles. The lowest BCUT2D eigenvalue weighted by Gasteiger charge is -2.18. The Balaban J connectivity index is 1.62. The molecule has 0 unspecified atom stereocenters. The van der Waals surface area contributed by atoms with Gasteiger partial charge < -0.3 is 15.2 Å². The zero-order chi connectivity index (χ0) is 26.4. The zero-order valence-corrected chi connectivity index (χ0v) is 20.6. The van der Waals surface area contributed by atoms with Crippen molar-refractivity contribution in [2.24, 2.45) is 7.05 Å². The molecule has 1 aromatic carbocycles. The minimum Gasteiger partial charge on any atom is -0.406 e. The molecule has 12 heteroatoms.